The van der Waals surface area contributed by atoms with Crippen molar-refractivity contribution in [2.45, 2.75) is 6.18 Å². The van der Waals surface area contributed by atoms with E-state index in [1.807, 2.05) is 0 Å². The topological polar surface area (TPSA) is 104 Å². The average molecular weight is 227 g/mol. The van der Waals surface area contributed by atoms with Gasteiger partial charge in [-0.15, -0.1) is 0 Å². The molecule has 10 heteroatoms. The first-order valence-corrected chi connectivity index (χ1v) is 3.18. The number of aromatic nitrogens is 3. The summed E-state index contributed by atoms with van der Waals surface area (Å²) in [6, 6.07) is 0. The number of carboxylic acids is 1. The van der Waals surface area contributed by atoms with Crippen LogP contribution in [0.5, 0.6) is 0 Å². The van der Waals surface area contributed by atoms with Crippen LogP contribution < -0.4 is 9.58 Å². The highest BCUT2D eigenvalue weighted by Crippen LogP contribution is 2.13. The number of carbonyl (C=O) groups is 1. The van der Waals surface area contributed by atoms with Crippen LogP contribution >= 0.6 is 0 Å². The lowest BCUT2D eigenvalue weighted by molar-refractivity contribution is -0.713. The molecule has 1 rings (SSSR count). The zero-order valence-electron chi connectivity index (χ0n) is 6.88. The highest BCUT2D eigenvalue weighted by atomic mass is 19.4. The Hall–Kier alpha value is -2.13. The maximum absolute atomic E-state index is 10.6. The van der Waals surface area contributed by atoms with Gasteiger partial charge in [0.1, 0.15) is 0 Å². The normalized spacial score (nSPS) is 10.1. The van der Waals surface area contributed by atoms with Crippen molar-refractivity contribution < 1.29 is 32.6 Å². The van der Waals surface area contributed by atoms with E-state index in [4.69, 9.17) is 9.90 Å². The lowest BCUT2D eigenvalue weighted by Crippen LogP contribution is -2.38. The standard InChI is InChI=1S/C3H3N3O2.C2HF3O2/c7-5-1-2-6(8)4-3-5;3-2(4,5)1(6)7/h1-3H;(H,6,7). The molecule has 0 saturated carbocycles. The van der Waals surface area contributed by atoms with Gasteiger partial charge in [-0.1, -0.05) is 0 Å². The molecule has 0 unspecified atom stereocenters. The second-order valence-electron chi connectivity index (χ2n) is 1.99. The fourth-order valence-electron chi connectivity index (χ4n) is 0.302. The highest BCUT2D eigenvalue weighted by Gasteiger charge is 2.38. The van der Waals surface area contributed by atoms with Gasteiger partial charge in [0.05, 0.1) is 0 Å². The minimum atomic E-state index is -5.08. The average Bonchev–Trinajstić information content (AvgIpc) is 2.09. The molecule has 0 aliphatic carbocycles. The second kappa shape index (κ2) is 4.93. The van der Waals surface area contributed by atoms with Gasteiger partial charge >= 0.3 is 18.5 Å². The monoisotopic (exact) mass is 227 g/mol. The van der Waals surface area contributed by atoms with E-state index < -0.39 is 12.1 Å². The number of hydrogen-bond donors (Lipinski definition) is 1. The molecule has 0 saturated heterocycles. The quantitative estimate of drug-likeness (QED) is 0.451. The number of carboxylic acid groups (broad SMARTS) is 1. The van der Waals surface area contributed by atoms with Crippen LogP contribution in [0.3, 0.4) is 0 Å². The summed E-state index contributed by atoms with van der Waals surface area (Å²) < 4.78 is 32.2. The summed E-state index contributed by atoms with van der Waals surface area (Å²) in [5.74, 6) is -2.76. The molecule has 1 N–H and O–H groups in total. The number of rotatable bonds is 0. The van der Waals surface area contributed by atoms with Gasteiger partial charge in [-0.3, -0.25) is 0 Å². The summed E-state index contributed by atoms with van der Waals surface area (Å²) in [5.41, 5.74) is 0. The van der Waals surface area contributed by atoms with Crippen molar-refractivity contribution in [1.29, 1.82) is 0 Å². The van der Waals surface area contributed by atoms with Gasteiger partial charge in [0, 0.05) is 4.85 Å². The van der Waals surface area contributed by atoms with Crippen LogP contribution in [0.4, 0.5) is 13.2 Å². The Bertz CT molecular complexity index is 304. The Kier molecular flexibility index (Phi) is 4.23. The molecule has 84 valence electrons. The van der Waals surface area contributed by atoms with Gasteiger partial charge in [-0.25, -0.2) is 9.52 Å². The second-order valence-corrected chi connectivity index (χ2v) is 1.99. The fourth-order valence-corrected chi connectivity index (χ4v) is 0.302. The molecular formula is C5H4F3N3O4. The van der Waals surface area contributed by atoms with Gasteiger partial charge in [0.15, 0.2) is 6.20 Å². The number of aliphatic carboxylic acids is 1. The third-order valence-electron chi connectivity index (χ3n) is 0.863. The molecule has 0 bridgehead atoms. The van der Waals surface area contributed by atoms with Crippen LogP contribution in [0.2, 0.25) is 0 Å². The molecule has 0 aliphatic heterocycles. The van der Waals surface area contributed by atoms with Gasteiger partial charge in [-0.2, -0.15) is 13.2 Å². The van der Waals surface area contributed by atoms with Gasteiger partial charge in [-0.05, 0) is 0 Å². The van der Waals surface area contributed by atoms with E-state index in [1.54, 1.807) is 0 Å². The molecule has 0 atom stereocenters. The van der Waals surface area contributed by atoms with Crippen molar-refractivity contribution in [2.75, 3.05) is 0 Å². The first-order valence-electron chi connectivity index (χ1n) is 3.18. The molecule has 1 aromatic heterocycles. The van der Waals surface area contributed by atoms with Crippen LogP contribution in [0.1, 0.15) is 0 Å². The van der Waals surface area contributed by atoms with Crippen molar-refractivity contribution in [1.82, 2.24) is 5.10 Å². The molecule has 7 nitrogen and oxygen atoms in total. The van der Waals surface area contributed by atoms with E-state index in [1.165, 1.54) is 0 Å². The van der Waals surface area contributed by atoms with E-state index in [-0.39, 0.29) is 0 Å². The van der Waals surface area contributed by atoms with Gasteiger partial charge in [0.25, 0.3) is 6.20 Å². The molecule has 0 aliphatic rings. The first-order chi connectivity index (χ1) is 6.73. The minimum Gasteiger partial charge on any atom is -0.711 e. The molecule has 0 spiro atoms. The molecule has 1 aromatic rings. The lowest BCUT2D eigenvalue weighted by atomic mass is 10.7. The summed E-state index contributed by atoms with van der Waals surface area (Å²) in [4.78, 5) is 9.20. The minimum absolute atomic E-state index is 0.300. The molecule has 0 fully saturated rings. The predicted molar refractivity (Wildman–Crippen MR) is 35.8 cm³/mol. The molecular weight excluding hydrogens is 223 g/mol. The molecule has 0 aromatic carbocycles. The smallest absolute Gasteiger partial charge is 0.490 e. The summed E-state index contributed by atoms with van der Waals surface area (Å²) in [7, 11) is 0. The predicted octanol–water partition coefficient (Wildman–Crippen LogP) is -1.02. The van der Waals surface area contributed by atoms with Crippen LogP contribution in [-0.2, 0) is 4.79 Å². The van der Waals surface area contributed by atoms with E-state index in [0.717, 1.165) is 18.7 Å². The highest BCUT2D eigenvalue weighted by molar-refractivity contribution is 5.73. The van der Waals surface area contributed by atoms with Crippen molar-refractivity contribution in [3.8, 4) is 0 Å². The molecule has 1 heterocycles. The van der Waals surface area contributed by atoms with Gasteiger partial charge in [0.2, 0.25) is 5.10 Å². The van der Waals surface area contributed by atoms with Crippen molar-refractivity contribution >= 4 is 5.97 Å². The van der Waals surface area contributed by atoms with E-state index in [2.05, 4.69) is 5.10 Å². The SMILES string of the molecule is O=C(O)C(F)(F)F.[O-][n+]1cc[n+]([O-])nc1. The van der Waals surface area contributed by atoms with Crippen molar-refractivity contribution in [2.24, 2.45) is 0 Å². The molecule has 15 heavy (non-hydrogen) atoms. The lowest BCUT2D eigenvalue weighted by Gasteiger charge is -1.93. The Morgan fingerprint density at radius 3 is 2.00 bits per heavy atom. The number of hydrogen-bond acceptors (Lipinski definition) is 4. The van der Waals surface area contributed by atoms with Crippen LogP contribution in [0.15, 0.2) is 18.7 Å². The largest absolute Gasteiger partial charge is 0.711 e. The number of halogens is 3. The van der Waals surface area contributed by atoms with Crippen molar-refractivity contribution in [3.05, 3.63) is 29.1 Å². The first kappa shape index (κ1) is 12.9. The van der Waals surface area contributed by atoms with Crippen LogP contribution in [0, 0.1) is 10.4 Å². The number of nitrogens with zero attached hydrogens (tertiary/aromatic N) is 3. The third kappa shape index (κ3) is 6.01. The summed E-state index contributed by atoms with van der Waals surface area (Å²) in [6.07, 6.45) is -2.11. The zero-order valence-corrected chi connectivity index (χ0v) is 6.88. The Morgan fingerprint density at radius 2 is 1.80 bits per heavy atom. The maximum atomic E-state index is 10.6. The zero-order chi connectivity index (χ0) is 12.1. The Morgan fingerprint density at radius 1 is 1.33 bits per heavy atom. The fraction of sp³-hybridized carbons (Fsp3) is 0.200. The summed E-state index contributed by atoms with van der Waals surface area (Å²) in [5, 5.41) is 30.4. The number of alkyl halides is 3. The van der Waals surface area contributed by atoms with Crippen LogP contribution in [0.25, 0.3) is 0 Å². The van der Waals surface area contributed by atoms with Gasteiger partial charge < -0.3 is 15.5 Å². The Balaban J connectivity index is 0.000000265. The molecule has 0 radical (unpaired) electrons. The van der Waals surface area contributed by atoms with E-state index in [9.17, 15) is 23.6 Å². The Labute approximate surface area is 80.2 Å². The van der Waals surface area contributed by atoms with Crippen LogP contribution in [-0.4, -0.2) is 22.4 Å². The van der Waals surface area contributed by atoms with E-state index in [0.29, 0.717) is 9.58 Å². The summed E-state index contributed by atoms with van der Waals surface area (Å²) in [6.45, 7) is 0. The molecule has 0 amide bonds. The van der Waals surface area contributed by atoms with E-state index >= 15 is 0 Å². The van der Waals surface area contributed by atoms with Crippen molar-refractivity contribution in [3.63, 3.8) is 0 Å². The third-order valence-corrected chi connectivity index (χ3v) is 0.863. The summed E-state index contributed by atoms with van der Waals surface area (Å²) >= 11 is 0. The maximum Gasteiger partial charge on any atom is 0.490 e.